The van der Waals surface area contributed by atoms with E-state index in [0.29, 0.717) is 12.1 Å². The number of hydrogen-bond donors (Lipinski definition) is 1. The monoisotopic (exact) mass is 280 g/mol. The van der Waals surface area contributed by atoms with E-state index in [-0.39, 0.29) is 22.8 Å². The fourth-order valence-corrected chi connectivity index (χ4v) is 4.49. The molecule has 3 rings (SSSR count). The normalized spacial score (nSPS) is 26.8. The highest BCUT2D eigenvalue weighted by molar-refractivity contribution is 7.89. The van der Waals surface area contributed by atoms with Crippen LogP contribution in [0, 0.1) is 0 Å². The summed E-state index contributed by atoms with van der Waals surface area (Å²) in [6.45, 7) is 2.74. The molecule has 0 aliphatic carbocycles. The summed E-state index contributed by atoms with van der Waals surface area (Å²) in [5.74, 6) is -0.0617. The van der Waals surface area contributed by atoms with E-state index >= 15 is 0 Å². The number of Topliss-reactive ketones (excluding diaryl/α,β-unsaturated/α-hetero) is 1. The minimum atomic E-state index is -3.43. The van der Waals surface area contributed by atoms with Gasteiger partial charge in [-0.05, 0) is 25.5 Å². The standard InChI is InChI=1S/C13H16N2O3S/c1-9(16)10-2-4-13(5-3-10)19(17,18)15-8-11-6-12(15)7-14-11/h2-5,11-12,14H,6-8H2,1H3. The summed E-state index contributed by atoms with van der Waals surface area (Å²) in [6.07, 6.45) is 0.894. The van der Waals surface area contributed by atoms with Crippen molar-refractivity contribution in [1.82, 2.24) is 9.62 Å². The van der Waals surface area contributed by atoms with Crippen molar-refractivity contribution in [2.24, 2.45) is 0 Å². The number of sulfonamides is 1. The molecule has 1 aromatic rings. The van der Waals surface area contributed by atoms with Crippen LogP contribution in [0.1, 0.15) is 23.7 Å². The van der Waals surface area contributed by atoms with E-state index in [2.05, 4.69) is 5.32 Å². The summed E-state index contributed by atoms with van der Waals surface area (Å²) in [6, 6.07) is 6.54. The number of fused-ring (bicyclic) bond motifs is 2. The van der Waals surface area contributed by atoms with E-state index in [4.69, 9.17) is 0 Å². The van der Waals surface area contributed by atoms with Crippen LogP contribution in [0.5, 0.6) is 0 Å². The van der Waals surface area contributed by atoms with Gasteiger partial charge < -0.3 is 5.32 Å². The molecule has 2 bridgehead atoms. The average molecular weight is 280 g/mol. The van der Waals surface area contributed by atoms with E-state index in [9.17, 15) is 13.2 Å². The first-order valence-corrected chi connectivity index (χ1v) is 7.79. The Morgan fingerprint density at radius 3 is 2.47 bits per heavy atom. The highest BCUT2D eigenvalue weighted by atomic mass is 32.2. The molecular formula is C13H16N2O3S. The summed E-state index contributed by atoms with van der Waals surface area (Å²) in [4.78, 5) is 11.5. The van der Waals surface area contributed by atoms with Crippen LogP contribution in [0.4, 0.5) is 0 Å². The molecule has 102 valence electrons. The van der Waals surface area contributed by atoms with Gasteiger partial charge in [-0.2, -0.15) is 4.31 Å². The Kier molecular flexibility index (Phi) is 2.96. The van der Waals surface area contributed by atoms with E-state index in [0.717, 1.165) is 13.0 Å². The number of nitrogens with one attached hydrogen (secondary N) is 1. The number of carbonyl (C=O) groups is 1. The molecule has 6 heteroatoms. The van der Waals surface area contributed by atoms with Crippen LogP contribution in [0.25, 0.3) is 0 Å². The van der Waals surface area contributed by atoms with Crippen molar-refractivity contribution >= 4 is 15.8 Å². The quantitative estimate of drug-likeness (QED) is 0.825. The van der Waals surface area contributed by atoms with Crippen LogP contribution < -0.4 is 5.32 Å². The van der Waals surface area contributed by atoms with Crippen molar-refractivity contribution in [3.8, 4) is 0 Å². The highest BCUT2D eigenvalue weighted by Gasteiger charge is 2.44. The van der Waals surface area contributed by atoms with Crippen molar-refractivity contribution in [1.29, 1.82) is 0 Å². The van der Waals surface area contributed by atoms with Gasteiger partial charge >= 0.3 is 0 Å². The molecule has 0 aromatic heterocycles. The molecular weight excluding hydrogens is 264 g/mol. The number of hydrogen-bond acceptors (Lipinski definition) is 4. The highest BCUT2D eigenvalue weighted by Crippen LogP contribution is 2.29. The van der Waals surface area contributed by atoms with Crippen molar-refractivity contribution in [3.63, 3.8) is 0 Å². The third kappa shape index (κ3) is 2.09. The molecule has 0 saturated carbocycles. The average Bonchev–Trinajstić information content (AvgIpc) is 3.01. The summed E-state index contributed by atoms with van der Waals surface area (Å²) in [7, 11) is -3.43. The first-order valence-electron chi connectivity index (χ1n) is 6.35. The number of ketones is 1. The van der Waals surface area contributed by atoms with Crippen LogP contribution in [0.2, 0.25) is 0 Å². The molecule has 2 saturated heterocycles. The number of carbonyl (C=O) groups excluding carboxylic acids is 1. The van der Waals surface area contributed by atoms with Crippen molar-refractivity contribution in [2.45, 2.75) is 30.3 Å². The first kappa shape index (κ1) is 12.8. The lowest BCUT2D eigenvalue weighted by Gasteiger charge is -2.26. The predicted molar refractivity (Wildman–Crippen MR) is 70.5 cm³/mol. The van der Waals surface area contributed by atoms with Crippen LogP contribution in [-0.4, -0.2) is 43.7 Å². The van der Waals surface area contributed by atoms with Gasteiger partial charge in [-0.1, -0.05) is 12.1 Å². The van der Waals surface area contributed by atoms with E-state index in [1.54, 1.807) is 16.4 Å². The molecule has 1 N–H and O–H groups in total. The van der Waals surface area contributed by atoms with Crippen LogP contribution in [0.15, 0.2) is 29.2 Å². The summed E-state index contributed by atoms with van der Waals surface area (Å²) < 4.78 is 26.6. The summed E-state index contributed by atoms with van der Waals surface area (Å²) >= 11 is 0. The van der Waals surface area contributed by atoms with E-state index in [1.165, 1.54) is 19.1 Å². The zero-order valence-electron chi connectivity index (χ0n) is 10.7. The molecule has 19 heavy (non-hydrogen) atoms. The minimum Gasteiger partial charge on any atom is -0.311 e. The molecule has 2 aliphatic rings. The second-order valence-corrected chi connectivity index (χ2v) is 7.04. The lowest BCUT2D eigenvalue weighted by Crippen LogP contribution is -2.46. The van der Waals surface area contributed by atoms with Gasteiger partial charge in [-0.3, -0.25) is 4.79 Å². The number of benzene rings is 1. The molecule has 0 radical (unpaired) electrons. The molecule has 2 atom stereocenters. The smallest absolute Gasteiger partial charge is 0.243 e. The van der Waals surface area contributed by atoms with Crippen molar-refractivity contribution < 1.29 is 13.2 Å². The Labute approximate surface area is 112 Å². The Morgan fingerprint density at radius 2 is 2.00 bits per heavy atom. The maximum atomic E-state index is 12.5. The molecule has 2 aliphatic heterocycles. The van der Waals surface area contributed by atoms with Gasteiger partial charge in [0.05, 0.1) is 4.90 Å². The Balaban J connectivity index is 1.90. The number of rotatable bonds is 3. The van der Waals surface area contributed by atoms with Gasteiger partial charge in [0.1, 0.15) is 0 Å². The third-order valence-electron chi connectivity index (χ3n) is 3.87. The van der Waals surface area contributed by atoms with Crippen molar-refractivity contribution in [3.05, 3.63) is 29.8 Å². The molecule has 2 unspecified atom stereocenters. The van der Waals surface area contributed by atoms with Gasteiger partial charge in [0.15, 0.2) is 5.78 Å². The lowest BCUT2D eigenvalue weighted by molar-refractivity contribution is 0.101. The van der Waals surface area contributed by atoms with E-state index in [1.807, 2.05) is 0 Å². The molecule has 0 amide bonds. The van der Waals surface area contributed by atoms with Gasteiger partial charge in [0.25, 0.3) is 0 Å². The molecule has 0 spiro atoms. The zero-order chi connectivity index (χ0) is 13.6. The Hall–Kier alpha value is -1.24. The maximum Gasteiger partial charge on any atom is 0.243 e. The topological polar surface area (TPSA) is 66.5 Å². The second kappa shape index (κ2) is 4.40. The third-order valence-corrected chi connectivity index (χ3v) is 5.81. The zero-order valence-corrected chi connectivity index (χ0v) is 11.5. The van der Waals surface area contributed by atoms with E-state index < -0.39 is 10.0 Å². The minimum absolute atomic E-state index is 0.0617. The molecule has 2 heterocycles. The van der Waals surface area contributed by atoms with Gasteiger partial charge in [0.2, 0.25) is 10.0 Å². The molecule has 2 fully saturated rings. The molecule has 5 nitrogen and oxygen atoms in total. The summed E-state index contributed by atoms with van der Waals surface area (Å²) in [5.41, 5.74) is 0.531. The van der Waals surface area contributed by atoms with Gasteiger partial charge in [-0.15, -0.1) is 0 Å². The lowest BCUT2D eigenvalue weighted by atomic mass is 10.2. The largest absolute Gasteiger partial charge is 0.311 e. The summed E-state index contributed by atoms with van der Waals surface area (Å²) in [5, 5.41) is 3.28. The van der Waals surface area contributed by atoms with Crippen LogP contribution in [-0.2, 0) is 10.0 Å². The van der Waals surface area contributed by atoms with Gasteiger partial charge in [-0.25, -0.2) is 8.42 Å². The predicted octanol–water partition coefficient (Wildman–Crippen LogP) is 0.624. The Morgan fingerprint density at radius 1 is 1.32 bits per heavy atom. The SMILES string of the molecule is CC(=O)c1ccc(S(=O)(=O)N2CC3CC2CN3)cc1. The maximum absolute atomic E-state index is 12.5. The Bertz CT molecular complexity index is 609. The second-order valence-electron chi connectivity index (χ2n) is 5.15. The van der Waals surface area contributed by atoms with Crippen LogP contribution in [0.3, 0.4) is 0 Å². The number of piperazine rings is 1. The molecule has 1 aromatic carbocycles. The fourth-order valence-electron chi connectivity index (χ4n) is 2.81. The number of nitrogens with zero attached hydrogens (tertiary/aromatic N) is 1. The fraction of sp³-hybridized carbons (Fsp3) is 0.462. The van der Waals surface area contributed by atoms with Gasteiger partial charge in [0, 0.05) is 30.7 Å². The van der Waals surface area contributed by atoms with Crippen LogP contribution >= 0.6 is 0 Å². The van der Waals surface area contributed by atoms with Crippen molar-refractivity contribution in [2.75, 3.05) is 13.1 Å². The first-order chi connectivity index (χ1) is 8.98.